The Hall–Kier alpha value is -2.06. The highest BCUT2D eigenvalue weighted by Crippen LogP contribution is 2.24. The lowest BCUT2D eigenvalue weighted by atomic mass is 10.1. The van der Waals surface area contributed by atoms with Gasteiger partial charge in [-0.3, -0.25) is 9.67 Å². The second kappa shape index (κ2) is 9.93. The molecular formula is C20H32N6OS. The summed E-state index contributed by atoms with van der Waals surface area (Å²) < 4.78 is 7.19. The SMILES string of the molecule is CN=C(NCc1c(C)nn(CCOC)c1C)NC1CCN(c2cccs2)CC1. The molecule has 28 heavy (non-hydrogen) atoms. The van der Waals surface area contributed by atoms with Gasteiger partial charge in [0.15, 0.2) is 5.96 Å². The lowest BCUT2D eigenvalue weighted by Gasteiger charge is -2.33. The summed E-state index contributed by atoms with van der Waals surface area (Å²) in [6.45, 7) is 8.51. The summed E-state index contributed by atoms with van der Waals surface area (Å²) in [6.07, 6.45) is 2.23. The average Bonchev–Trinajstić information content (AvgIpc) is 3.33. The van der Waals surface area contributed by atoms with Crippen molar-refractivity contribution in [1.29, 1.82) is 0 Å². The molecule has 1 saturated heterocycles. The van der Waals surface area contributed by atoms with Crippen molar-refractivity contribution in [2.75, 3.05) is 38.8 Å². The summed E-state index contributed by atoms with van der Waals surface area (Å²) in [5.41, 5.74) is 3.47. The zero-order valence-electron chi connectivity index (χ0n) is 17.4. The van der Waals surface area contributed by atoms with Gasteiger partial charge in [0.05, 0.1) is 23.8 Å². The van der Waals surface area contributed by atoms with Crippen molar-refractivity contribution in [2.45, 2.75) is 45.8 Å². The van der Waals surface area contributed by atoms with Crippen molar-refractivity contribution in [3.05, 3.63) is 34.5 Å². The number of hydrogen-bond donors (Lipinski definition) is 2. The molecule has 0 aromatic carbocycles. The van der Waals surface area contributed by atoms with E-state index in [1.54, 1.807) is 7.11 Å². The maximum absolute atomic E-state index is 5.17. The predicted octanol–water partition coefficient (Wildman–Crippen LogP) is 2.54. The number of nitrogens with zero attached hydrogens (tertiary/aromatic N) is 4. The fraction of sp³-hybridized carbons (Fsp3) is 0.600. The molecule has 154 valence electrons. The Morgan fingerprint density at radius 3 is 2.79 bits per heavy atom. The predicted molar refractivity (Wildman–Crippen MR) is 116 cm³/mol. The summed E-state index contributed by atoms with van der Waals surface area (Å²) >= 11 is 1.82. The van der Waals surface area contributed by atoms with Gasteiger partial charge in [-0.1, -0.05) is 0 Å². The van der Waals surface area contributed by atoms with E-state index in [9.17, 15) is 0 Å². The molecule has 0 amide bonds. The van der Waals surface area contributed by atoms with Crippen LogP contribution in [0.5, 0.6) is 0 Å². The molecule has 3 heterocycles. The fourth-order valence-electron chi connectivity index (χ4n) is 3.64. The number of ether oxygens (including phenoxy) is 1. The van der Waals surface area contributed by atoms with Crippen LogP contribution in [0, 0.1) is 13.8 Å². The van der Waals surface area contributed by atoms with E-state index in [1.165, 1.54) is 16.3 Å². The minimum Gasteiger partial charge on any atom is -0.383 e. The summed E-state index contributed by atoms with van der Waals surface area (Å²) in [5.74, 6) is 0.859. The Balaban J connectivity index is 1.50. The molecule has 0 radical (unpaired) electrons. The largest absolute Gasteiger partial charge is 0.383 e. The second-order valence-corrected chi connectivity index (χ2v) is 8.07. The van der Waals surface area contributed by atoms with Crippen LogP contribution in [-0.4, -0.2) is 55.6 Å². The Morgan fingerprint density at radius 2 is 2.14 bits per heavy atom. The van der Waals surface area contributed by atoms with Crippen molar-refractivity contribution < 1.29 is 4.74 Å². The van der Waals surface area contributed by atoms with Gasteiger partial charge < -0.3 is 20.3 Å². The van der Waals surface area contributed by atoms with Crippen LogP contribution in [-0.2, 0) is 17.8 Å². The van der Waals surface area contributed by atoms with Gasteiger partial charge in [0.25, 0.3) is 0 Å². The highest BCUT2D eigenvalue weighted by atomic mass is 32.1. The van der Waals surface area contributed by atoms with E-state index in [2.05, 4.69) is 57.0 Å². The molecule has 0 bridgehead atoms. The molecule has 0 unspecified atom stereocenters. The third-order valence-corrected chi connectivity index (χ3v) is 6.28. The molecule has 2 aromatic heterocycles. The Morgan fingerprint density at radius 1 is 1.36 bits per heavy atom. The number of thiophene rings is 1. The quantitative estimate of drug-likeness (QED) is 0.548. The van der Waals surface area contributed by atoms with Gasteiger partial charge >= 0.3 is 0 Å². The van der Waals surface area contributed by atoms with Crippen molar-refractivity contribution in [3.63, 3.8) is 0 Å². The molecule has 0 saturated carbocycles. The van der Waals surface area contributed by atoms with Crippen LogP contribution in [0.3, 0.4) is 0 Å². The number of aliphatic imine (C=N–C) groups is 1. The summed E-state index contributed by atoms with van der Waals surface area (Å²) in [5, 5.41) is 15.2. The molecule has 0 atom stereocenters. The second-order valence-electron chi connectivity index (χ2n) is 7.15. The van der Waals surface area contributed by atoms with Gasteiger partial charge in [0.2, 0.25) is 0 Å². The first kappa shape index (κ1) is 20.7. The highest BCUT2D eigenvalue weighted by molar-refractivity contribution is 7.14. The van der Waals surface area contributed by atoms with Gasteiger partial charge in [0, 0.05) is 51.1 Å². The van der Waals surface area contributed by atoms with Gasteiger partial charge in [-0.2, -0.15) is 5.10 Å². The van der Waals surface area contributed by atoms with E-state index in [0.29, 0.717) is 12.6 Å². The molecule has 2 N–H and O–H groups in total. The maximum atomic E-state index is 5.17. The number of anilines is 1. The lowest BCUT2D eigenvalue weighted by Crippen LogP contribution is -2.48. The number of methoxy groups -OCH3 is 1. The number of piperidine rings is 1. The number of aryl methyl sites for hydroxylation is 1. The molecule has 8 heteroatoms. The first-order valence-electron chi connectivity index (χ1n) is 9.89. The number of rotatable bonds is 7. The minimum absolute atomic E-state index is 0.453. The first-order chi connectivity index (χ1) is 13.6. The van der Waals surface area contributed by atoms with Crippen LogP contribution in [0.15, 0.2) is 22.5 Å². The minimum atomic E-state index is 0.453. The smallest absolute Gasteiger partial charge is 0.191 e. The van der Waals surface area contributed by atoms with Crippen LogP contribution in [0.4, 0.5) is 5.00 Å². The molecule has 1 aliphatic heterocycles. The van der Waals surface area contributed by atoms with Crippen molar-refractivity contribution in [1.82, 2.24) is 20.4 Å². The lowest BCUT2D eigenvalue weighted by molar-refractivity contribution is 0.182. The van der Waals surface area contributed by atoms with E-state index in [-0.39, 0.29) is 0 Å². The van der Waals surface area contributed by atoms with Gasteiger partial charge in [-0.15, -0.1) is 11.3 Å². The van der Waals surface area contributed by atoms with E-state index < -0.39 is 0 Å². The number of nitrogens with one attached hydrogen (secondary N) is 2. The molecular weight excluding hydrogens is 372 g/mol. The van der Waals surface area contributed by atoms with Crippen LogP contribution in [0.1, 0.15) is 29.8 Å². The van der Waals surface area contributed by atoms with E-state index >= 15 is 0 Å². The van der Waals surface area contributed by atoms with Gasteiger partial charge in [-0.25, -0.2) is 0 Å². The molecule has 1 fully saturated rings. The molecule has 2 aromatic rings. The Kier molecular flexibility index (Phi) is 7.33. The monoisotopic (exact) mass is 404 g/mol. The van der Waals surface area contributed by atoms with E-state index in [0.717, 1.165) is 50.7 Å². The van der Waals surface area contributed by atoms with E-state index in [1.807, 2.05) is 23.1 Å². The van der Waals surface area contributed by atoms with E-state index in [4.69, 9.17) is 4.74 Å². The Labute approximate surface area is 171 Å². The van der Waals surface area contributed by atoms with Crippen molar-refractivity contribution in [2.24, 2.45) is 4.99 Å². The van der Waals surface area contributed by atoms with Crippen LogP contribution in [0.2, 0.25) is 0 Å². The van der Waals surface area contributed by atoms with Crippen LogP contribution in [0.25, 0.3) is 0 Å². The summed E-state index contributed by atoms with van der Waals surface area (Å²) in [7, 11) is 3.55. The third-order valence-electron chi connectivity index (χ3n) is 5.35. The highest BCUT2D eigenvalue weighted by Gasteiger charge is 2.21. The topological polar surface area (TPSA) is 66.7 Å². The molecule has 0 spiro atoms. The maximum Gasteiger partial charge on any atom is 0.191 e. The van der Waals surface area contributed by atoms with Gasteiger partial charge in [-0.05, 0) is 44.2 Å². The summed E-state index contributed by atoms with van der Waals surface area (Å²) in [6, 6.07) is 4.78. The van der Waals surface area contributed by atoms with Crippen LogP contribution < -0.4 is 15.5 Å². The number of guanidine groups is 1. The van der Waals surface area contributed by atoms with Crippen molar-refractivity contribution >= 4 is 22.3 Å². The molecule has 0 aliphatic carbocycles. The average molecular weight is 405 g/mol. The number of hydrogen-bond acceptors (Lipinski definition) is 5. The normalized spacial score (nSPS) is 15.9. The zero-order valence-corrected chi connectivity index (χ0v) is 18.2. The van der Waals surface area contributed by atoms with Gasteiger partial charge in [0.1, 0.15) is 0 Å². The third kappa shape index (κ3) is 5.05. The summed E-state index contributed by atoms with van der Waals surface area (Å²) in [4.78, 5) is 6.89. The van der Waals surface area contributed by atoms with Crippen LogP contribution >= 0.6 is 11.3 Å². The molecule has 3 rings (SSSR count). The molecule has 7 nitrogen and oxygen atoms in total. The molecule has 1 aliphatic rings. The zero-order chi connectivity index (χ0) is 19.9. The Bertz CT molecular complexity index is 762. The standard InChI is InChI=1S/C20H32N6OS/c1-15-18(16(2)26(24-15)11-12-27-4)14-22-20(21-3)23-17-7-9-25(10-8-17)19-6-5-13-28-19/h5-6,13,17H,7-12,14H2,1-4H3,(H2,21,22,23). The fourth-order valence-corrected chi connectivity index (χ4v) is 4.42. The van der Waals surface area contributed by atoms with Crippen molar-refractivity contribution in [3.8, 4) is 0 Å². The first-order valence-corrected chi connectivity index (χ1v) is 10.8. The number of aromatic nitrogens is 2.